The number of nitrogens with zero attached hydrogens (tertiary/aromatic N) is 5. The second-order valence-electron chi connectivity index (χ2n) is 8.75. The first-order valence-electron chi connectivity index (χ1n) is 11.7. The maximum atomic E-state index is 13.9. The molecule has 3 unspecified atom stereocenters. The molecule has 8 nitrogen and oxygen atoms in total. The van der Waals surface area contributed by atoms with Crippen LogP contribution in [-0.2, 0) is 4.74 Å². The van der Waals surface area contributed by atoms with Crippen LogP contribution in [0.5, 0.6) is 5.75 Å². The third-order valence-corrected chi connectivity index (χ3v) is 6.23. The predicted molar refractivity (Wildman–Crippen MR) is 124 cm³/mol. The van der Waals surface area contributed by atoms with Gasteiger partial charge in [0.25, 0.3) is 6.43 Å². The van der Waals surface area contributed by atoms with Gasteiger partial charge in [-0.05, 0) is 50.5 Å². The van der Waals surface area contributed by atoms with Gasteiger partial charge < -0.3 is 14.8 Å². The van der Waals surface area contributed by atoms with E-state index in [-0.39, 0.29) is 17.9 Å². The van der Waals surface area contributed by atoms with E-state index in [1.807, 2.05) is 11.2 Å². The van der Waals surface area contributed by atoms with E-state index in [2.05, 4.69) is 15.5 Å². The van der Waals surface area contributed by atoms with Crippen LogP contribution < -0.4 is 10.1 Å². The number of hydrazone groups is 1. The fourth-order valence-electron chi connectivity index (χ4n) is 4.46. The summed E-state index contributed by atoms with van der Waals surface area (Å²) in [6, 6.07) is 5.12. The molecule has 0 aliphatic carbocycles. The number of benzene rings is 1. The van der Waals surface area contributed by atoms with Crippen LogP contribution in [0.4, 0.5) is 19.0 Å². The number of fused-ring (bicyclic) bond motifs is 1. The Labute approximate surface area is 200 Å². The fourth-order valence-corrected chi connectivity index (χ4v) is 4.46. The molecule has 2 aromatic heterocycles. The molecular weight excluding hydrogens is 461 g/mol. The van der Waals surface area contributed by atoms with E-state index in [0.717, 1.165) is 31.4 Å². The Morgan fingerprint density at radius 2 is 2.14 bits per heavy atom. The molecular formula is C24H27F3N6O2. The summed E-state index contributed by atoms with van der Waals surface area (Å²) in [5, 5.41) is 14.2. The Morgan fingerprint density at radius 1 is 1.26 bits per heavy atom. The first kappa shape index (κ1) is 23.4. The molecule has 2 aliphatic heterocycles. The Morgan fingerprint density at radius 3 is 2.94 bits per heavy atom. The van der Waals surface area contributed by atoms with Gasteiger partial charge >= 0.3 is 0 Å². The van der Waals surface area contributed by atoms with Crippen molar-refractivity contribution in [3.8, 4) is 5.75 Å². The Balaban J connectivity index is 1.33. The van der Waals surface area contributed by atoms with E-state index in [1.54, 1.807) is 29.9 Å². The van der Waals surface area contributed by atoms with Gasteiger partial charge in [-0.2, -0.15) is 10.2 Å². The van der Waals surface area contributed by atoms with Gasteiger partial charge in [-0.15, -0.1) is 0 Å². The predicted octanol–water partition coefficient (Wildman–Crippen LogP) is 4.60. The number of hydrogen-bond acceptors (Lipinski definition) is 7. The van der Waals surface area contributed by atoms with Crippen molar-refractivity contribution in [1.82, 2.24) is 19.6 Å². The molecule has 11 heteroatoms. The summed E-state index contributed by atoms with van der Waals surface area (Å²) in [7, 11) is 0. The van der Waals surface area contributed by atoms with Crippen molar-refractivity contribution < 1.29 is 22.6 Å². The molecule has 2 aliphatic rings. The first-order valence-corrected chi connectivity index (χ1v) is 11.7. The molecule has 0 spiro atoms. The maximum Gasteiger partial charge on any atom is 0.272 e. The molecule has 0 radical (unpaired) electrons. The van der Waals surface area contributed by atoms with Crippen LogP contribution in [0, 0.1) is 5.82 Å². The van der Waals surface area contributed by atoms with Gasteiger partial charge in [0, 0.05) is 36.1 Å². The van der Waals surface area contributed by atoms with Gasteiger partial charge in [0.2, 0.25) is 0 Å². The molecule has 35 heavy (non-hydrogen) atoms. The van der Waals surface area contributed by atoms with E-state index in [0.29, 0.717) is 23.6 Å². The van der Waals surface area contributed by atoms with E-state index < -0.39 is 24.9 Å². The topological polar surface area (TPSA) is 76.3 Å². The monoisotopic (exact) mass is 488 g/mol. The lowest BCUT2D eigenvalue weighted by molar-refractivity contribution is -0.0816. The number of ether oxygens (including phenoxy) is 2. The molecule has 1 N–H and O–H groups in total. The second kappa shape index (κ2) is 10.1. The summed E-state index contributed by atoms with van der Waals surface area (Å²) in [6.07, 6.45) is 6.04. The largest absolute Gasteiger partial charge is 0.487 e. The molecule has 3 aromatic rings. The van der Waals surface area contributed by atoms with Crippen molar-refractivity contribution in [1.29, 1.82) is 0 Å². The zero-order chi connectivity index (χ0) is 24.4. The quantitative estimate of drug-likeness (QED) is 0.500. The zero-order valence-electron chi connectivity index (χ0n) is 19.3. The van der Waals surface area contributed by atoms with Gasteiger partial charge in [0.05, 0.1) is 18.8 Å². The van der Waals surface area contributed by atoms with Crippen LogP contribution in [-0.4, -0.2) is 58.2 Å². The lowest BCUT2D eigenvalue weighted by atomic mass is 10.0. The lowest BCUT2D eigenvalue weighted by Crippen LogP contribution is -2.35. The van der Waals surface area contributed by atoms with E-state index in [1.165, 1.54) is 18.2 Å². The van der Waals surface area contributed by atoms with Crippen molar-refractivity contribution in [2.75, 3.05) is 25.1 Å². The minimum absolute atomic E-state index is 0.00521. The molecule has 0 bridgehead atoms. The Bertz CT molecular complexity index is 1200. The van der Waals surface area contributed by atoms with Crippen LogP contribution >= 0.6 is 0 Å². The Kier molecular flexibility index (Phi) is 6.76. The first-order chi connectivity index (χ1) is 17.0. The van der Waals surface area contributed by atoms with Crippen LogP contribution in [0.15, 0.2) is 41.8 Å². The van der Waals surface area contributed by atoms with Crippen LogP contribution in [0.3, 0.4) is 0 Å². The standard InChI is InChI=1S/C24H27F3N6O2/c1-15(18-10-17(25)5-6-20(18)35-14-21(26)27)30-22-7-8-32-24(31-22)19(12-29-32)16-11-28-33(13-16)23-4-2-3-9-34-23/h5-8,10-12,15-16,21,23H,2-4,9,13-14H2,1H3,(H,30,31). The van der Waals surface area contributed by atoms with Crippen molar-refractivity contribution in [3.05, 3.63) is 53.6 Å². The number of alkyl halides is 2. The van der Waals surface area contributed by atoms with Crippen molar-refractivity contribution in [3.63, 3.8) is 0 Å². The van der Waals surface area contributed by atoms with E-state index in [9.17, 15) is 13.2 Å². The highest BCUT2D eigenvalue weighted by atomic mass is 19.3. The second-order valence-corrected chi connectivity index (χ2v) is 8.75. The molecule has 186 valence electrons. The number of anilines is 1. The zero-order valence-corrected chi connectivity index (χ0v) is 19.3. The SMILES string of the molecule is CC(Nc1ccn2ncc(C3C=NN(C4CCCCO4)C3)c2n1)c1cc(F)ccc1OCC(F)F. The van der Waals surface area contributed by atoms with Crippen molar-refractivity contribution >= 4 is 17.7 Å². The van der Waals surface area contributed by atoms with E-state index in [4.69, 9.17) is 14.5 Å². The minimum atomic E-state index is -2.62. The highest BCUT2D eigenvalue weighted by Crippen LogP contribution is 2.31. The summed E-state index contributed by atoms with van der Waals surface area (Å²) in [5.74, 6) is 0.283. The normalized spacial score (nSPS) is 21.1. The van der Waals surface area contributed by atoms with Gasteiger partial charge in [-0.25, -0.2) is 22.7 Å². The smallest absolute Gasteiger partial charge is 0.272 e. The van der Waals surface area contributed by atoms with Gasteiger partial charge in [-0.1, -0.05) is 0 Å². The van der Waals surface area contributed by atoms with E-state index >= 15 is 0 Å². The molecule has 0 amide bonds. The van der Waals surface area contributed by atoms with Crippen LogP contribution in [0.25, 0.3) is 5.65 Å². The Hall–Kier alpha value is -3.34. The summed E-state index contributed by atoms with van der Waals surface area (Å²) < 4.78 is 51.9. The molecule has 1 fully saturated rings. The number of nitrogens with one attached hydrogen (secondary N) is 1. The highest BCUT2D eigenvalue weighted by molar-refractivity contribution is 5.74. The summed E-state index contributed by atoms with van der Waals surface area (Å²) in [4.78, 5) is 4.73. The lowest BCUT2D eigenvalue weighted by Gasteiger charge is -2.30. The molecule has 5 rings (SSSR count). The molecule has 0 saturated carbocycles. The molecule has 4 heterocycles. The van der Waals surface area contributed by atoms with Crippen LogP contribution in [0.2, 0.25) is 0 Å². The van der Waals surface area contributed by atoms with Gasteiger partial charge in [-0.3, -0.25) is 5.01 Å². The minimum Gasteiger partial charge on any atom is -0.487 e. The average molecular weight is 489 g/mol. The highest BCUT2D eigenvalue weighted by Gasteiger charge is 2.29. The van der Waals surface area contributed by atoms with Gasteiger partial charge in [0.15, 0.2) is 5.65 Å². The number of hydrogen-bond donors (Lipinski definition) is 1. The molecule has 3 atom stereocenters. The maximum absolute atomic E-state index is 13.9. The third kappa shape index (κ3) is 5.19. The fraction of sp³-hybridized carbons (Fsp3) is 0.458. The average Bonchev–Trinajstić information content (AvgIpc) is 3.50. The number of aromatic nitrogens is 3. The molecule has 1 aromatic carbocycles. The molecule has 1 saturated heterocycles. The summed E-state index contributed by atoms with van der Waals surface area (Å²) in [6.45, 7) is 2.47. The van der Waals surface area contributed by atoms with Crippen molar-refractivity contribution in [2.45, 2.75) is 50.8 Å². The summed E-state index contributed by atoms with van der Waals surface area (Å²) in [5.41, 5.74) is 2.04. The third-order valence-electron chi connectivity index (χ3n) is 6.23. The summed E-state index contributed by atoms with van der Waals surface area (Å²) >= 11 is 0. The number of rotatable bonds is 8. The van der Waals surface area contributed by atoms with Crippen LogP contribution in [0.1, 0.15) is 49.3 Å². The van der Waals surface area contributed by atoms with Crippen molar-refractivity contribution in [2.24, 2.45) is 5.10 Å². The number of halogens is 3. The van der Waals surface area contributed by atoms with Gasteiger partial charge in [0.1, 0.15) is 30.2 Å².